The molecule has 0 radical (unpaired) electrons. The zero-order chi connectivity index (χ0) is 22.7. The van der Waals surface area contributed by atoms with Gasteiger partial charge in [-0.3, -0.25) is 4.79 Å². The Morgan fingerprint density at radius 2 is 1.84 bits per heavy atom. The number of methoxy groups -OCH3 is 2. The maximum Gasteiger partial charge on any atom is 0.246 e. The molecular weight excluding hydrogens is 450 g/mol. The van der Waals surface area contributed by atoms with E-state index in [0.717, 1.165) is 15.7 Å². The number of aromatic nitrogens is 2. The summed E-state index contributed by atoms with van der Waals surface area (Å²) in [6.45, 7) is 2.39. The van der Waals surface area contributed by atoms with Crippen LogP contribution >= 0.6 is 23.4 Å². The second kappa shape index (κ2) is 9.70. The predicted octanol–water partition coefficient (Wildman–Crippen LogP) is 3.19. The minimum atomic E-state index is -0.0115. The van der Waals surface area contributed by atoms with Crippen molar-refractivity contribution in [2.75, 3.05) is 56.8 Å². The zero-order valence-corrected chi connectivity index (χ0v) is 19.4. The van der Waals surface area contributed by atoms with Crippen LogP contribution in [0, 0.1) is 0 Å². The molecule has 3 heterocycles. The maximum absolute atomic E-state index is 12.6. The molecule has 0 aliphatic carbocycles. The minimum absolute atomic E-state index is 0.0115. The molecule has 10 heteroatoms. The van der Waals surface area contributed by atoms with Gasteiger partial charge in [0.2, 0.25) is 11.9 Å². The van der Waals surface area contributed by atoms with Crippen molar-refractivity contribution in [3.05, 3.63) is 46.4 Å². The van der Waals surface area contributed by atoms with Crippen molar-refractivity contribution in [1.29, 1.82) is 0 Å². The third kappa shape index (κ3) is 4.78. The maximum atomic E-state index is 12.6. The Bertz CT molecular complexity index is 1130. The van der Waals surface area contributed by atoms with Crippen LogP contribution in [0.25, 0.3) is 10.9 Å². The first-order valence-electron chi connectivity index (χ1n) is 10.1. The molecule has 32 heavy (non-hydrogen) atoms. The van der Waals surface area contributed by atoms with Crippen molar-refractivity contribution in [3.8, 4) is 11.5 Å². The predicted molar refractivity (Wildman–Crippen MR) is 129 cm³/mol. The number of carbonyl (C=O) groups excluding carboxylic acids is 1. The van der Waals surface area contributed by atoms with Crippen molar-refractivity contribution < 1.29 is 14.3 Å². The summed E-state index contributed by atoms with van der Waals surface area (Å²) in [4.78, 5) is 26.6. The number of nitrogens with zero attached hydrogens (tertiary/aromatic N) is 4. The molecule has 168 valence electrons. The first-order chi connectivity index (χ1) is 15.5. The first-order valence-corrected chi connectivity index (χ1v) is 11.4. The number of fused-ring (bicyclic) bond motifs is 1. The number of nitrogen functional groups attached to an aromatic ring is 1. The number of allylic oxidation sites excluding steroid dienone is 3. The van der Waals surface area contributed by atoms with Gasteiger partial charge in [0.25, 0.3) is 0 Å². The topological polar surface area (TPSA) is 93.8 Å². The molecule has 2 aromatic rings. The lowest BCUT2D eigenvalue weighted by Crippen LogP contribution is -2.48. The number of rotatable bonds is 5. The second-order valence-corrected chi connectivity index (χ2v) is 8.78. The lowest BCUT2D eigenvalue weighted by atomic mass is 10.2. The van der Waals surface area contributed by atoms with E-state index in [4.69, 9.17) is 26.8 Å². The van der Waals surface area contributed by atoms with Gasteiger partial charge in [0.1, 0.15) is 5.82 Å². The van der Waals surface area contributed by atoms with Gasteiger partial charge in [-0.15, -0.1) is 11.8 Å². The summed E-state index contributed by atoms with van der Waals surface area (Å²) in [5, 5.41) is 1.51. The van der Waals surface area contributed by atoms with Crippen LogP contribution in [0.2, 0.25) is 0 Å². The van der Waals surface area contributed by atoms with Crippen LogP contribution in [0.15, 0.2) is 46.4 Å². The number of ether oxygens (including phenoxy) is 2. The van der Waals surface area contributed by atoms with Gasteiger partial charge in [0.15, 0.2) is 11.5 Å². The molecule has 2 aliphatic heterocycles. The smallest absolute Gasteiger partial charge is 0.246 e. The average Bonchev–Trinajstić information content (AvgIpc) is 2.82. The SMILES string of the molecule is COc1cc2nc(N3CCN(C(=O)C=CC4=CC=C(Cl)CS4)CC3)nc(N)c2cc1OC. The molecule has 8 nitrogen and oxygen atoms in total. The van der Waals surface area contributed by atoms with Crippen LogP contribution < -0.4 is 20.1 Å². The highest BCUT2D eigenvalue weighted by molar-refractivity contribution is 8.03. The lowest BCUT2D eigenvalue weighted by Gasteiger charge is -2.34. The Morgan fingerprint density at radius 3 is 2.50 bits per heavy atom. The van der Waals surface area contributed by atoms with Crippen molar-refractivity contribution >= 4 is 51.9 Å². The van der Waals surface area contributed by atoms with E-state index >= 15 is 0 Å². The molecule has 0 bridgehead atoms. The molecule has 2 N–H and O–H groups in total. The molecule has 0 spiro atoms. The summed E-state index contributed by atoms with van der Waals surface area (Å²) in [5.74, 6) is 2.79. The van der Waals surface area contributed by atoms with Gasteiger partial charge in [0, 0.05) is 59.4 Å². The van der Waals surface area contributed by atoms with Crippen LogP contribution in [-0.2, 0) is 4.79 Å². The van der Waals surface area contributed by atoms with E-state index in [1.54, 1.807) is 44.2 Å². The van der Waals surface area contributed by atoms with Crippen LogP contribution in [0.1, 0.15) is 0 Å². The molecule has 1 aromatic carbocycles. The monoisotopic (exact) mass is 473 g/mol. The Balaban J connectivity index is 1.44. The fraction of sp³-hybridized carbons (Fsp3) is 0.318. The Labute approximate surface area is 195 Å². The first kappa shape index (κ1) is 22.3. The largest absolute Gasteiger partial charge is 0.493 e. The highest BCUT2D eigenvalue weighted by Gasteiger charge is 2.23. The van der Waals surface area contributed by atoms with Crippen molar-refractivity contribution in [1.82, 2.24) is 14.9 Å². The van der Waals surface area contributed by atoms with E-state index in [1.807, 2.05) is 28.0 Å². The number of anilines is 2. The van der Waals surface area contributed by atoms with E-state index in [9.17, 15) is 4.79 Å². The second-order valence-electron chi connectivity index (χ2n) is 7.25. The van der Waals surface area contributed by atoms with Crippen molar-refractivity contribution in [2.45, 2.75) is 0 Å². The third-order valence-corrected chi connectivity index (χ3v) is 6.77. The van der Waals surface area contributed by atoms with Gasteiger partial charge in [0.05, 0.1) is 19.7 Å². The molecule has 1 aromatic heterocycles. The molecule has 0 saturated carbocycles. The summed E-state index contributed by atoms with van der Waals surface area (Å²) in [6, 6.07) is 3.57. The summed E-state index contributed by atoms with van der Waals surface area (Å²) in [7, 11) is 3.15. The Kier molecular flexibility index (Phi) is 6.76. The number of nitrogens with two attached hydrogens (primary N) is 1. The summed E-state index contributed by atoms with van der Waals surface area (Å²) < 4.78 is 10.7. The van der Waals surface area contributed by atoms with Crippen LogP contribution in [0.5, 0.6) is 11.5 Å². The molecule has 1 fully saturated rings. The van der Waals surface area contributed by atoms with Gasteiger partial charge in [-0.2, -0.15) is 4.98 Å². The van der Waals surface area contributed by atoms with E-state index in [1.165, 1.54) is 0 Å². The van der Waals surface area contributed by atoms with E-state index < -0.39 is 0 Å². The number of hydrogen-bond acceptors (Lipinski definition) is 8. The van der Waals surface area contributed by atoms with Crippen molar-refractivity contribution in [2.24, 2.45) is 0 Å². The highest BCUT2D eigenvalue weighted by Crippen LogP contribution is 2.34. The number of benzene rings is 1. The number of thioether (sulfide) groups is 1. The molecule has 0 unspecified atom stereocenters. The van der Waals surface area contributed by atoms with Crippen LogP contribution in [0.4, 0.5) is 11.8 Å². The normalized spacial score (nSPS) is 16.8. The van der Waals surface area contributed by atoms with Gasteiger partial charge in [-0.1, -0.05) is 11.6 Å². The number of halogens is 1. The van der Waals surface area contributed by atoms with Gasteiger partial charge in [-0.05, 0) is 24.3 Å². The van der Waals surface area contributed by atoms with E-state index in [-0.39, 0.29) is 5.91 Å². The van der Waals surface area contributed by atoms with Gasteiger partial charge < -0.3 is 25.0 Å². The summed E-state index contributed by atoms with van der Waals surface area (Å²) in [6.07, 6.45) is 7.24. The average molecular weight is 474 g/mol. The molecule has 1 amide bonds. The van der Waals surface area contributed by atoms with Gasteiger partial charge >= 0.3 is 0 Å². The number of carbonyl (C=O) groups is 1. The molecule has 0 atom stereocenters. The number of amides is 1. The summed E-state index contributed by atoms with van der Waals surface area (Å²) in [5.41, 5.74) is 6.89. The quantitative estimate of drug-likeness (QED) is 0.662. The van der Waals surface area contributed by atoms with Crippen molar-refractivity contribution in [3.63, 3.8) is 0 Å². The Morgan fingerprint density at radius 1 is 1.12 bits per heavy atom. The molecule has 1 saturated heterocycles. The lowest BCUT2D eigenvalue weighted by molar-refractivity contribution is -0.126. The zero-order valence-electron chi connectivity index (χ0n) is 17.9. The van der Waals surface area contributed by atoms with Gasteiger partial charge in [-0.25, -0.2) is 4.98 Å². The standard InChI is InChI=1S/C22H24ClN5O3S/c1-30-18-11-16-17(12-19(18)31-2)25-22(26-21(16)24)28-9-7-27(8-10-28)20(29)6-5-15-4-3-14(23)13-32-15/h3-6,11-12H,7-10,13H2,1-2H3,(H2,24,25,26). The molecule has 4 rings (SSSR count). The third-order valence-electron chi connectivity index (χ3n) is 5.29. The van der Waals surface area contributed by atoms with E-state index in [2.05, 4.69) is 9.97 Å². The highest BCUT2D eigenvalue weighted by atomic mass is 35.5. The van der Waals surface area contributed by atoms with Crippen LogP contribution in [0.3, 0.4) is 0 Å². The molecular formula is C22H24ClN5O3S. The molecule has 2 aliphatic rings. The van der Waals surface area contributed by atoms with E-state index in [0.29, 0.717) is 60.3 Å². The van der Waals surface area contributed by atoms with Crippen LogP contribution in [-0.4, -0.2) is 66.9 Å². The fourth-order valence-corrected chi connectivity index (χ4v) is 4.47. The Hall–Kier alpha value is -2.91. The number of hydrogen-bond donors (Lipinski definition) is 1. The summed E-state index contributed by atoms with van der Waals surface area (Å²) >= 11 is 7.58. The minimum Gasteiger partial charge on any atom is -0.493 e. The number of piperazine rings is 1. The fourth-order valence-electron chi connectivity index (χ4n) is 3.52.